The molecule has 0 fully saturated rings. The normalized spacial score (nSPS) is 13.0. The number of aromatic nitrogens is 4. The SMILES string of the molecule is CC(Sc1ncnc2c1cnn2C)C(=O)Nc1ccccc1C(F)(F)F. The van der Waals surface area contributed by atoms with Crippen LogP contribution in [0.25, 0.3) is 11.0 Å². The van der Waals surface area contributed by atoms with Gasteiger partial charge in [0.05, 0.1) is 28.1 Å². The lowest BCUT2D eigenvalue weighted by molar-refractivity contribution is -0.137. The Labute approximate surface area is 150 Å². The fraction of sp³-hybridized carbons (Fsp3) is 0.250. The summed E-state index contributed by atoms with van der Waals surface area (Å²) in [7, 11) is 1.73. The second kappa shape index (κ2) is 6.94. The van der Waals surface area contributed by atoms with E-state index >= 15 is 0 Å². The van der Waals surface area contributed by atoms with Crippen molar-refractivity contribution >= 4 is 34.4 Å². The zero-order valence-electron chi connectivity index (χ0n) is 13.8. The van der Waals surface area contributed by atoms with Crippen molar-refractivity contribution in [3.63, 3.8) is 0 Å². The molecule has 3 aromatic rings. The molecule has 1 atom stereocenters. The van der Waals surface area contributed by atoms with Crippen molar-refractivity contribution in [2.45, 2.75) is 23.4 Å². The van der Waals surface area contributed by atoms with Gasteiger partial charge >= 0.3 is 6.18 Å². The van der Waals surface area contributed by atoms with E-state index in [-0.39, 0.29) is 5.69 Å². The van der Waals surface area contributed by atoms with Gasteiger partial charge < -0.3 is 5.32 Å². The van der Waals surface area contributed by atoms with Crippen molar-refractivity contribution in [1.29, 1.82) is 0 Å². The number of rotatable bonds is 4. The second-order valence-corrected chi connectivity index (χ2v) is 6.81. The van der Waals surface area contributed by atoms with Crippen molar-refractivity contribution in [3.05, 3.63) is 42.4 Å². The summed E-state index contributed by atoms with van der Waals surface area (Å²) in [4.78, 5) is 20.6. The van der Waals surface area contributed by atoms with Crippen LogP contribution in [0.3, 0.4) is 0 Å². The van der Waals surface area contributed by atoms with Crippen molar-refractivity contribution in [3.8, 4) is 0 Å². The molecule has 10 heteroatoms. The van der Waals surface area contributed by atoms with Gasteiger partial charge in [-0.15, -0.1) is 0 Å². The maximum absolute atomic E-state index is 13.0. The Morgan fingerprint density at radius 1 is 1.27 bits per heavy atom. The lowest BCUT2D eigenvalue weighted by Crippen LogP contribution is -2.24. The topological polar surface area (TPSA) is 72.7 Å². The number of nitrogens with zero attached hydrogens (tertiary/aromatic N) is 4. The number of para-hydroxylation sites is 1. The average molecular weight is 381 g/mol. The van der Waals surface area contributed by atoms with E-state index in [1.54, 1.807) is 24.9 Å². The summed E-state index contributed by atoms with van der Waals surface area (Å²) in [6.07, 6.45) is -1.61. The highest BCUT2D eigenvalue weighted by atomic mass is 32.2. The van der Waals surface area contributed by atoms with Gasteiger partial charge in [-0.3, -0.25) is 9.48 Å². The van der Waals surface area contributed by atoms with E-state index in [2.05, 4.69) is 20.4 Å². The maximum Gasteiger partial charge on any atom is 0.418 e. The summed E-state index contributed by atoms with van der Waals surface area (Å²) < 4.78 is 40.7. The standard InChI is InChI=1S/C16H14F3N5OS/c1-9(26-15-10-7-22-24(2)13(10)20-8-21-15)14(25)23-12-6-4-3-5-11(12)16(17,18)19/h3-9H,1-2H3,(H,23,25). The van der Waals surface area contributed by atoms with Gasteiger partial charge in [-0.25, -0.2) is 9.97 Å². The first-order valence-corrected chi connectivity index (χ1v) is 8.42. The average Bonchev–Trinajstić information content (AvgIpc) is 2.97. The second-order valence-electron chi connectivity index (χ2n) is 5.48. The molecule has 6 nitrogen and oxygen atoms in total. The zero-order valence-corrected chi connectivity index (χ0v) is 14.6. The molecular formula is C16H14F3N5OS. The van der Waals surface area contributed by atoms with Crippen LogP contribution in [0.5, 0.6) is 0 Å². The van der Waals surface area contributed by atoms with E-state index in [0.717, 1.165) is 17.8 Å². The van der Waals surface area contributed by atoms with Crippen molar-refractivity contribution in [1.82, 2.24) is 19.7 Å². The molecule has 0 bridgehead atoms. The van der Waals surface area contributed by atoms with E-state index in [4.69, 9.17) is 0 Å². The van der Waals surface area contributed by atoms with Crippen LogP contribution in [0.1, 0.15) is 12.5 Å². The molecule has 1 amide bonds. The number of amides is 1. The predicted molar refractivity (Wildman–Crippen MR) is 91.7 cm³/mol. The fourth-order valence-corrected chi connectivity index (χ4v) is 3.21. The number of nitrogens with one attached hydrogen (secondary N) is 1. The van der Waals surface area contributed by atoms with Gasteiger partial charge in [0, 0.05) is 7.05 Å². The van der Waals surface area contributed by atoms with Crippen LogP contribution in [0, 0.1) is 0 Å². The van der Waals surface area contributed by atoms with Gasteiger partial charge in [0.15, 0.2) is 5.65 Å². The molecule has 1 aromatic carbocycles. The molecule has 0 spiro atoms. The van der Waals surface area contributed by atoms with Gasteiger partial charge in [0.1, 0.15) is 11.4 Å². The highest BCUT2D eigenvalue weighted by Crippen LogP contribution is 2.35. The first-order valence-electron chi connectivity index (χ1n) is 7.54. The predicted octanol–water partition coefficient (Wildman–Crippen LogP) is 3.50. The van der Waals surface area contributed by atoms with E-state index in [0.29, 0.717) is 16.1 Å². The molecule has 0 saturated heterocycles. The highest BCUT2D eigenvalue weighted by Gasteiger charge is 2.34. The Bertz CT molecular complexity index is 956. The van der Waals surface area contributed by atoms with Crippen LogP contribution in [-0.2, 0) is 18.0 Å². The van der Waals surface area contributed by atoms with Crippen molar-refractivity contribution in [2.75, 3.05) is 5.32 Å². The molecule has 1 N–H and O–H groups in total. The smallest absolute Gasteiger partial charge is 0.325 e. The Morgan fingerprint density at radius 3 is 2.73 bits per heavy atom. The third-order valence-electron chi connectivity index (χ3n) is 3.64. The van der Waals surface area contributed by atoms with Crippen LogP contribution in [0.15, 0.2) is 41.8 Å². The lowest BCUT2D eigenvalue weighted by atomic mass is 10.1. The van der Waals surface area contributed by atoms with Gasteiger partial charge in [-0.1, -0.05) is 23.9 Å². The summed E-state index contributed by atoms with van der Waals surface area (Å²) in [6.45, 7) is 1.60. The molecule has 2 aromatic heterocycles. The molecular weight excluding hydrogens is 367 g/mol. The number of carbonyl (C=O) groups is 1. The number of benzene rings is 1. The number of hydrogen-bond donors (Lipinski definition) is 1. The number of hydrogen-bond acceptors (Lipinski definition) is 5. The number of thioether (sulfide) groups is 1. The maximum atomic E-state index is 13.0. The lowest BCUT2D eigenvalue weighted by Gasteiger charge is -2.16. The Morgan fingerprint density at radius 2 is 2.00 bits per heavy atom. The summed E-state index contributed by atoms with van der Waals surface area (Å²) in [5.41, 5.74) is -0.550. The molecule has 0 saturated carbocycles. The van der Waals surface area contributed by atoms with Gasteiger partial charge in [0.2, 0.25) is 5.91 Å². The molecule has 0 aliphatic heterocycles. The summed E-state index contributed by atoms with van der Waals surface area (Å²) in [6, 6.07) is 4.86. The number of carbonyl (C=O) groups excluding carboxylic acids is 1. The molecule has 0 aliphatic carbocycles. The van der Waals surface area contributed by atoms with E-state index in [1.165, 1.54) is 24.5 Å². The van der Waals surface area contributed by atoms with Crippen LogP contribution in [-0.4, -0.2) is 30.9 Å². The Balaban J connectivity index is 1.79. The largest absolute Gasteiger partial charge is 0.418 e. The molecule has 1 unspecified atom stereocenters. The summed E-state index contributed by atoms with van der Waals surface area (Å²) >= 11 is 1.13. The molecule has 0 aliphatic rings. The Kier molecular flexibility index (Phi) is 4.86. The van der Waals surface area contributed by atoms with E-state index < -0.39 is 22.9 Å². The summed E-state index contributed by atoms with van der Waals surface area (Å²) in [5.74, 6) is -0.553. The molecule has 136 valence electrons. The van der Waals surface area contributed by atoms with Crippen LogP contribution in [0.4, 0.5) is 18.9 Å². The van der Waals surface area contributed by atoms with Gasteiger partial charge in [0.25, 0.3) is 0 Å². The molecule has 26 heavy (non-hydrogen) atoms. The third kappa shape index (κ3) is 3.64. The minimum atomic E-state index is -4.55. The van der Waals surface area contributed by atoms with Gasteiger partial charge in [-0.2, -0.15) is 18.3 Å². The number of halogens is 3. The summed E-state index contributed by atoms with van der Waals surface area (Å²) in [5, 5.41) is 6.98. The van der Waals surface area contributed by atoms with Crippen LogP contribution >= 0.6 is 11.8 Å². The van der Waals surface area contributed by atoms with Crippen molar-refractivity contribution in [2.24, 2.45) is 7.05 Å². The number of anilines is 1. The number of alkyl halides is 3. The minimum absolute atomic E-state index is 0.272. The molecule has 3 rings (SSSR count). The third-order valence-corrected chi connectivity index (χ3v) is 4.76. The monoisotopic (exact) mass is 381 g/mol. The molecule has 2 heterocycles. The van der Waals surface area contributed by atoms with E-state index in [9.17, 15) is 18.0 Å². The van der Waals surface area contributed by atoms with Crippen LogP contribution < -0.4 is 5.32 Å². The van der Waals surface area contributed by atoms with Gasteiger partial charge in [-0.05, 0) is 19.1 Å². The van der Waals surface area contributed by atoms with Crippen LogP contribution in [0.2, 0.25) is 0 Å². The minimum Gasteiger partial charge on any atom is -0.325 e. The fourth-order valence-electron chi connectivity index (χ4n) is 2.33. The number of fused-ring (bicyclic) bond motifs is 1. The van der Waals surface area contributed by atoms with E-state index in [1.807, 2.05) is 0 Å². The zero-order chi connectivity index (χ0) is 18.9. The highest BCUT2D eigenvalue weighted by molar-refractivity contribution is 8.00. The quantitative estimate of drug-likeness (QED) is 0.553. The first kappa shape index (κ1) is 18.2. The number of aryl methyl sites for hydroxylation is 1. The van der Waals surface area contributed by atoms with Crippen molar-refractivity contribution < 1.29 is 18.0 Å². The first-order chi connectivity index (χ1) is 12.3. The molecule has 0 radical (unpaired) electrons. The Hall–Kier alpha value is -2.62.